The standard InChI is InChI=1S/C14H26O2/c1-2-3-10-16-14-9-8-13(15)11-6-4-5-7-12(11)14/h11-15H,2-10H2,1H3/t11-,12-,13+,14-/m0/s1. The van der Waals surface area contributed by atoms with Gasteiger partial charge in [0.2, 0.25) is 0 Å². The van der Waals surface area contributed by atoms with E-state index in [1.165, 1.54) is 38.5 Å². The Morgan fingerprint density at radius 1 is 1.06 bits per heavy atom. The molecule has 2 rings (SSSR count). The van der Waals surface area contributed by atoms with Gasteiger partial charge in [-0.15, -0.1) is 0 Å². The van der Waals surface area contributed by atoms with E-state index in [4.69, 9.17) is 4.74 Å². The quantitative estimate of drug-likeness (QED) is 0.746. The molecule has 0 aromatic heterocycles. The van der Waals surface area contributed by atoms with Crippen LogP contribution in [0, 0.1) is 11.8 Å². The molecule has 0 saturated heterocycles. The van der Waals surface area contributed by atoms with Crippen molar-refractivity contribution in [1.29, 1.82) is 0 Å². The van der Waals surface area contributed by atoms with E-state index < -0.39 is 0 Å². The molecule has 2 aliphatic rings. The van der Waals surface area contributed by atoms with Gasteiger partial charge in [-0.2, -0.15) is 0 Å². The van der Waals surface area contributed by atoms with Crippen LogP contribution in [0.4, 0.5) is 0 Å². The lowest BCUT2D eigenvalue weighted by Gasteiger charge is -2.43. The normalized spacial score (nSPS) is 39.4. The van der Waals surface area contributed by atoms with Gasteiger partial charge in [0, 0.05) is 6.61 Å². The van der Waals surface area contributed by atoms with Crippen LogP contribution in [-0.4, -0.2) is 23.9 Å². The monoisotopic (exact) mass is 226 g/mol. The second kappa shape index (κ2) is 6.02. The highest BCUT2D eigenvalue weighted by molar-refractivity contribution is 4.90. The van der Waals surface area contributed by atoms with Gasteiger partial charge in [0.1, 0.15) is 0 Å². The summed E-state index contributed by atoms with van der Waals surface area (Å²) >= 11 is 0. The lowest BCUT2D eigenvalue weighted by Crippen LogP contribution is -2.43. The zero-order valence-electron chi connectivity index (χ0n) is 10.5. The fourth-order valence-electron chi connectivity index (χ4n) is 3.48. The Balaban J connectivity index is 1.87. The van der Waals surface area contributed by atoms with Gasteiger partial charge in [0.15, 0.2) is 0 Å². The second-order valence-corrected chi connectivity index (χ2v) is 5.52. The zero-order chi connectivity index (χ0) is 11.4. The van der Waals surface area contributed by atoms with E-state index in [1.807, 2.05) is 0 Å². The molecule has 0 aromatic carbocycles. The molecule has 0 radical (unpaired) electrons. The average Bonchev–Trinajstić information content (AvgIpc) is 2.33. The summed E-state index contributed by atoms with van der Waals surface area (Å²) in [7, 11) is 0. The summed E-state index contributed by atoms with van der Waals surface area (Å²) in [5.74, 6) is 1.18. The number of aliphatic hydroxyl groups is 1. The number of aliphatic hydroxyl groups excluding tert-OH is 1. The molecule has 0 unspecified atom stereocenters. The molecule has 0 bridgehead atoms. The molecule has 0 heterocycles. The highest BCUT2D eigenvalue weighted by Gasteiger charge is 2.40. The minimum atomic E-state index is -0.0451. The molecule has 2 heteroatoms. The summed E-state index contributed by atoms with van der Waals surface area (Å²) in [6, 6.07) is 0. The third-order valence-electron chi connectivity index (χ3n) is 4.42. The molecule has 4 atom stereocenters. The smallest absolute Gasteiger partial charge is 0.0607 e. The first-order valence-corrected chi connectivity index (χ1v) is 7.12. The number of rotatable bonds is 4. The van der Waals surface area contributed by atoms with Gasteiger partial charge in [0.25, 0.3) is 0 Å². The summed E-state index contributed by atoms with van der Waals surface area (Å²) in [5.41, 5.74) is 0. The second-order valence-electron chi connectivity index (χ2n) is 5.52. The highest BCUT2D eigenvalue weighted by atomic mass is 16.5. The molecule has 2 fully saturated rings. The van der Waals surface area contributed by atoms with Gasteiger partial charge in [-0.05, 0) is 43.9 Å². The van der Waals surface area contributed by atoms with Crippen molar-refractivity contribution < 1.29 is 9.84 Å². The lowest BCUT2D eigenvalue weighted by molar-refractivity contribution is -0.0925. The van der Waals surface area contributed by atoms with Gasteiger partial charge in [0.05, 0.1) is 12.2 Å². The molecule has 0 aliphatic heterocycles. The third-order valence-corrected chi connectivity index (χ3v) is 4.42. The largest absolute Gasteiger partial charge is 0.393 e. The van der Waals surface area contributed by atoms with Crippen molar-refractivity contribution in [2.24, 2.45) is 11.8 Å². The van der Waals surface area contributed by atoms with E-state index in [1.54, 1.807) is 0 Å². The Bertz CT molecular complexity index is 205. The molecular weight excluding hydrogens is 200 g/mol. The Kier molecular flexibility index (Phi) is 4.66. The minimum absolute atomic E-state index is 0.0451. The van der Waals surface area contributed by atoms with E-state index in [0.717, 1.165) is 19.4 Å². The fourth-order valence-corrected chi connectivity index (χ4v) is 3.48. The Labute approximate surface area is 99.4 Å². The predicted molar refractivity (Wildman–Crippen MR) is 65.3 cm³/mol. The SMILES string of the molecule is CCCCO[C@H]1CC[C@@H](O)[C@H]2CCCC[C@@H]21. The van der Waals surface area contributed by atoms with Crippen LogP contribution in [0.2, 0.25) is 0 Å². The van der Waals surface area contributed by atoms with Crippen LogP contribution < -0.4 is 0 Å². The molecule has 2 aliphatic carbocycles. The Morgan fingerprint density at radius 2 is 1.81 bits per heavy atom. The van der Waals surface area contributed by atoms with E-state index in [0.29, 0.717) is 17.9 Å². The molecule has 94 valence electrons. The summed E-state index contributed by atoms with van der Waals surface area (Å²) in [6.07, 6.45) is 9.96. The van der Waals surface area contributed by atoms with Gasteiger partial charge >= 0.3 is 0 Å². The van der Waals surface area contributed by atoms with Crippen LogP contribution in [0.1, 0.15) is 58.3 Å². The van der Waals surface area contributed by atoms with Gasteiger partial charge in [-0.3, -0.25) is 0 Å². The van der Waals surface area contributed by atoms with E-state index in [2.05, 4.69) is 6.92 Å². The third kappa shape index (κ3) is 2.78. The number of ether oxygens (including phenoxy) is 1. The first-order chi connectivity index (χ1) is 7.83. The van der Waals surface area contributed by atoms with Crippen molar-refractivity contribution in [3.05, 3.63) is 0 Å². The molecular formula is C14H26O2. The lowest BCUT2D eigenvalue weighted by atomic mass is 9.68. The predicted octanol–water partition coefficient (Wildman–Crippen LogP) is 3.13. The molecule has 2 saturated carbocycles. The number of hydrogen-bond donors (Lipinski definition) is 1. The molecule has 0 spiro atoms. The zero-order valence-corrected chi connectivity index (χ0v) is 10.5. The summed E-state index contributed by atoms with van der Waals surface area (Å²) in [6.45, 7) is 3.12. The van der Waals surface area contributed by atoms with Gasteiger partial charge in [-0.25, -0.2) is 0 Å². The van der Waals surface area contributed by atoms with E-state index in [9.17, 15) is 5.11 Å². The van der Waals surface area contributed by atoms with Crippen LogP contribution in [0.5, 0.6) is 0 Å². The van der Waals surface area contributed by atoms with Crippen molar-refractivity contribution in [3.63, 3.8) is 0 Å². The van der Waals surface area contributed by atoms with Crippen molar-refractivity contribution in [1.82, 2.24) is 0 Å². The van der Waals surface area contributed by atoms with Crippen LogP contribution in [0.25, 0.3) is 0 Å². The molecule has 1 N–H and O–H groups in total. The van der Waals surface area contributed by atoms with Crippen LogP contribution in [-0.2, 0) is 4.74 Å². The summed E-state index contributed by atoms with van der Waals surface area (Å²) in [4.78, 5) is 0. The van der Waals surface area contributed by atoms with Crippen molar-refractivity contribution in [3.8, 4) is 0 Å². The molecule has 2 nitrogen and oxygen atoms in total. The van der Waals surface area contributed by atoms with E-state index >= 15 is 0 Å². The van der Waals surface area contributed by atoms with Crippen molar-refractivity contribution >= 4 is 0 Å². The van der Waals surface area contributed by atoms with Gasteiger partial charge < -0.3 is 9.84 Å². The Hall–Kier alpha value is -0.0800. The van der Waals surface area contributed by atoms with Gasteiger partial charge in [-0.1, -0.05) is 26.2 Å². The number of unbranched alkanes of at least 4 members (excludes halogenated alkanes) is 1. The average molecular weight is 226 g/mol. The Morgan fingerprint density at radius 3 is 2.56 bits per heavy atom. The minimum Gasteiger partial charge on any atom is -0.393 e. The molecule has 0 aromatic rings. The maximum absolute atomic E-state index is 10.0. The first kappa shape index (κ1) is 12.4. The topological polar surface area (TPSA) is 29.5 Å². The summed E-state index contributed by atoms with van der Waals surface area (Å²) in [5, 5.41) is 10.0. The number of fused-ring (bicyclic) bond motifs is 1. The first-order valence-electron chi connectivity index (χ1n) is 7.12. The van der Waals surface area contributed by atoms with E-state index in [-0.39, 0.29) is 6.10 Å². The van der Waals surface area contributed by atoms with Crippen molar-refractivity contribution in [2.45, 2.75) is 70.5 Å². The van der Waals surface area contributed by atoms with Crippen molar-refractivity contribution in [2.75, 3.05) is 6.61 Å². The molecule has 0 amide bonds. The summed E-state index contributed by atoms with van der Waals surface area (Å²) < 4.78 is 6.03. The fraction of sp³-hybridized carbons (Fsp3) is 1.00. The van der Waals surface area contributed by atoms with Crippen LogP contribution in [0.3, 0.4) is 0 Å². The van der Waals surface area contributed by atoms with Crippen LogP contribution in [0.15, 0.2) is 0 Å². The maximum Gasteiger partial charge on any atom is 0.0607 e. The maximum atomic E-state index is 10.0. The molecule has 16 heavy (non-hydrogen) atoms. The highest BCUT2D eigenvalue weighted by Crippen LogP contribution is 2.41. The van der Waals surface area contributed by atoms with Crippen LogP contribution >= 0.6 is 0 Å². The number of hydrogen-bond acceptors (Lipinski definition) is 2.